The van der Waals surface area contributed by atoms with E-state index in [1.807, 2.05) is 43.4 Å². The zero-order valence-corrected chi connectivity index (χ0v) is 28.3. The van der Waals surface area contributed by atoms with Gasteiger partial charge in [-0.1, -0.05) is 60.7 Å². The van der Waals surface area contributed by atoms with Gasteiger partial charge in [0.2, 0.25) is 5.95 Å². The van der Waals surface area contributed by atoms with Crippen LogP contribution in [0.25, 0.3) is 11.2 Å². The maximum Gasteiger partial charge on any atom is 0.490 e. The van der Waals surface area contributed by atoms with E-state index >= 15 is 0 Å². The molecule has 0 spiro atoms. The van der Waals surface area contributed by atoms with Gasteiger partial charge in [0.15, 0.2) is 23.2 Å². The molecule has 4 heterocycles. The van der Waals surface area contributed by atoms with Gasteiger partial charge in [-0.15, -0.1) is 0 Å². The number of ether oxygens (including phenoxy) is 1. The minimum Gasteiger partial charge on any atom is -0.475 e. The molecular formula is C33H37F6N7O8. The zero-order valence-electron chi connectivity index (χ0n) is 28.3. The minimum atomic E-state index is -5.08. The fraction of sp³-hybridized carbons (Fsp3) is 0.424. The second-order valence-corrected chi connectivity index (χ2v) is 12.0. The van der Waals surface area contributed by atoms with E-state index in [1.54, 1.807) is 10.9 Å². The van der Waals surface area contributed by atoms with E-state index in [9.17, 15) is 41.7 Å². The molecule has 0 unspecified atom stereocenters. The smallest absolute Gasteiger partial charge is 0.475 e. The lowest BCUT2D eigenvalue weighted by Gasteiger charge is -2.22. The number of benzene rings is 2. The molecule has 0 aliphatic carbocycles. The molecule has 54 heavy (non-hydrogen) atoms. The molecule has 4 aromatic rings. The standard InChI is InChI=1S/C29H35N7O4.2C2HF3O2/c1-30-20-12-13-35(15-20)29-33-26(31-14-21(18-8-4-2-5-9-18)19-10-6-3-7-11-19)23-27(34-29)36(17-32-23)28-25(39)24(38)22(16-37)40-28;2*3-2(4,5)1(6)7/h2-11,17,20-22,24-25,28,30,37-39H,12-16H2,1H3,(H,31,33,34);2*(H,6,7)/t20-,22-,24-,25-,28-;;/m1../s1. The molecule has 7 N–H and O–H groups in total. The van der Waals surface area contributed by atoms with Gasteiger partial charge in [0.25, 0.3) is 0 Å². The van der Waals surface area contributed by atoms with Crippen molar-refractivity contribution in [3.8, 4) is 0 Å². The highest BCUT2D eigenvalue weighted by molar-refractivity contribution is 5.84. The highest BCUT2D eigenvalue weighted by atomic mass is 19.4. The van der Waals surface area contributed by atoms with Crippen LogP contribution in [0.15, 0.2) is 67.0 Å². The lowest BCUT2D eigenvalue weighted by atomic mass is 9.91. The molecule has 0 radical (unpaired) electrons. The number of aliphatic carboxylic acids is 2. The summed E-state index contributed by atoms with van der Waals surface area (Å²) in [4.78, 5) is 34.3. The van der Waals surface area contributed by atoms with E-state index in [4.69, 9.17) is 34.5 Å². The number of carboxylic acids is 2. The van der Waals surface area contributed by atoms with Crippen molar-refractivity contribution in [3.63, 3.8) is 0 Å². The van der Waals surface area contributed by atoms with Crippen LogP contribution in [0, 0.1) is 0 Å². The monoisotopic (exact) mass is 773 g/mol. The average Bonchev–Trinajstić information content (AvgIpc) is 3.86. The molecule has 2 aliphatic heterocycles. The van der Waals surface area contributed by atoms with Gasteiger partial charge in [-0.25, -0.2) is 14.6 Å². The van der Waals surface area contributed by atoms with Crippen molar-refractivity contribution in [2.75, 3.05) is 43.5 Å². The quantitative estimate of drug-likeness (QED) is 0.122. The maximum atomic E-state index is 10.7. The first-order chi connectivity index (χ1) is 25.5. The van der Waals surface area contributed by atoms with Crippen molar-refractivity contribution in [2.24, 2.45) is 0 Å². The van der Waals surface area contributed by atoms with E-state index in [1.165, 1.54) is 11.1 Å². The summed E-state index contributed by atoms with van der Waals surface area (Å²) >= 11 is 0. The number of aliphatic hydroxyl groups is 3. The van der Waals surface area contributed by atoms with Crippen LogP contribution in [0.5, 0.6) is 0 Å². The molecule has 0 saturated carbocycles. The van der Waals surface area contributed by atoms with Crippen LogP contribution < -0.4 is 15.5 Å². The molecule has 5 atom stereocenters. The fourth-order valence-corrected chi connectivity index (χ4v) is 5.64. The van der Waals surface area contributed by atoms with Crippen molar-refractivity contribution < 1.29 is 66.2 Å². The summed E-state index contributed by atoms with van der Waals surface area (Å²) in [6, 6.07) is 21.0. The van der Waals surface area contributed by atoms with Crippen molar-refractivity contribution in [1.29, 1.82) is 0 Å². The Morgan fingerprint density at radius 3 is 1.89 bits per heavy atom. The van der Waals surface area contributed by atoms with Crippen LogP contribution in [0.4, 0.5) is 38.1 Å². The number of nitrogens with one attached hydrogen (secondary N) is 2. The van der Waals surface area contributed by atoms with Gasteiger partial charge in [0.1, 0.15) is 18.3 Å². The Kier molecular flexibility index (Phi) is 13.8. The molecule has 2 saturated heterocycles. The average molecular weight is 774 g/mol. The normalized spacial score (nSPS) is 21.3. The lowest BCUT2D eigenvalue weighted by Crippen LogP contribution is -2.33. The van der Waals surface area contributed by atoms with Gasteiger partial charge in [-0.3, -0.25) is 4.57 Å². The van der Waals surface area contributed by atoms with E-state index in [0.29, 0.717) is 35.5 Å². The molecule has 2 aliphatic rings. The number of hydrogen-bond donors (Lipinski definition) is 7. The van der Waals surface area contributed by atoms with Gasteiger partial charge < -0.3 is 45.8 Å². The Morgan fingerprint density at radius 2 is 1.44 bits per heavy atom. The van der Waals surface area contributed by atoms with E-state index in [2.05, 4.69) is 44.8 Å². The first-order valence-corrected chi connectivity index (χ1v) is 16.2. The molecular weight excluding hydrogens is 736 g/mol. The number of rotatable bonds is 9. The van der Waals surface area contributed by atoms with Crippen LogP contribution in [0.1, 0.15) is 29.7 Å². The molecule has 294 valence electrons. The van der Waals surface area contributed by atoms with Crippen molar-refractivity contribution in [1.82, 2.24) is 24.8 Å². The summed E-state index contributed by atoms with van der Waals surface area (Å²) in [6.45, 7) is 1.72. The van der Waals surface area contributed by atoms with Crippen LogP contribution in [-0.4, -0.2) is 127 Å². The lowest BCUT2D eigenvalue weighted by molar-refractivity contribution is -0.193. The number of carbonyl (C=O) groups is 2. The maximum absolute atomic E-state index is 10.7. The second-order valence-electron chi connectivity index (χ2n) is 12.0. The SMILES string of the molecule is CN[C@@H]1CCN(c2nc(NCC(c3ccccc3)c3ccccc3)c3ncn([C@@H]4O[C@H](CO)[C@@H](O)[C@H]4O)c3n2)C1.O=C(O)C(F)(F)F.O=C(O)C(F)(F)F. The summed E-state index contributed by atoms with van der Waals surface area (Å²) in [6.07, 6.45) is -12.0. The van der Waals surface area contributed by atoms with Gasteiger partial charge in [0, 0.05) is 31.6 Å². The van der Waals surface area contributed by atoms with Crippen LogP contribution in [0.3, 0.4) is 0 Å². The van der Waals surface area contributed by atoms with Gasteiger partial charge >= 0.3 is 24.3 Å². The molecule has 0 amide bonds. The van der Waals surface area contributed by atoms with Crippen molar-refractivity contribution in [2.45, 2.75) is 55.3 Å². The Balaban J connectivity index is 0.000000396. The number of nitrogens with zero attached hydrogens (tertiary/aromatic N) is 5. The topological polar surface area (TPSA) is 215 Å². The number of fused-ring (bicyclic) bond motifs is 1. The number of imidazole rings is 1. The fourth-order valence-electron chi connectivity index (χ4n) is 5.64. The predicted molar refractivity (Wildman–Crippen MR) is 179 cm³/mol. The molecule has 2 aromatic carbocycles. The second kappa shape index (κ2) is 17.8. The Morgan fingerprint density at radius 1 is 0.907 bits per heavy atom. The summed E-state index contributed by atoms with van der Waals surface area (Å²) in [5.41, 5.74) is 3.37. The Bertz CT molecular complexity index is 1770. The number of carboxylic acid groups (broad SMARTS) is 2. The summed E-state index contributed by atoms with van der Waals surface area (Å²) < 4.78 is 70.9. The first kappa shape index (κ1) is 41.7. The van der Waals surface area contributed by atoms with Gasteiger partial charge in [-0.05, 0) is 24.6 Å². The number of hydrogen-bond acceptors (Lipinski definition) is 12. The van der Waals surface area contributed by atoms with Gasteiger partial charge in [0.05, 0.1) is 12.9 Å². The molecule has 2 aromatic heterocycles. The zero-order chi connectivity index (χ0) is 39.8. The van der Waals surface area contributed by atoms with Crippen molar-refractivity contribution in [3.05, 3.63) is 78.1 Å². The molecule has 21 heteroatoms. The molecule has 6 rings (SSSR count). The summed E-state index contributed by atoms with van der Waals surface area (Å²) in [7, 11) is 1.95. The largest absolute Gasteiger partial charge is 0.490 e. The molecule has 0 bridgehead atoms. The number of halogens is 6. The summed E-state index contributed by atoms with van der Waals surface area (Å²) in [5.74, 6) is -4.31. The predicted octanol–water partition coefficient (Wildman–Crippen LogP) is 2.75. The third-order valence-electron chi connectivity index (χ3n) is 8.44. The van der Waals surface area contributed by atoms with E-state index in [-0.39, 0.29) is 5.92 Å². The number of alkyl halides is 6. The van der Waals surface area contributed by atoms with Crippen LogP contribution in [0.2, 0.25) is 0 Å². The Labute approximate surface area is 302 Å². The van der Waals surface area contributed by atoms with Crippen LogP contribution >= 0.6 is 0 Å². The molecule has 15 nitrogen and oxygen atoms in total. The van der Waals surface area contributed by atoms with Crippen LogP contribution in [-0.2, 0) is 14.3 Å². The van der Waals surface area contributed by atoms with E-state index < -0.39 is 55.4 Å². The number of aliphatic hydroxyl groups excluding tert-OH is 3. The number of anilines is 2. The highest BCUT2D eigenvalue weighted by Crippen LogP contribution is 2.34. The number of likely N-dealkylation sites (N-methyl/N-ethyl adjacent to an activating group) is 1. The summed E-state index contributed by atoms with van der Waals surface area (Å²) in [5, 5.41) is 51.8. The number of aromatic nitrogens is 4. The van der Waals surface area contributed by atoms with E-state index in [0.717, 1.165) is 19.5 Å². The third kappa shape index (κ3) is 10.3. The molecule has 2 fully saturated rings. The van der Waals surface area contributed by atoms with Crippen molar-refractivity contribution >= 4 is 34.9 Å². The Hall–Kier alpha value is -5.09. The highest BCUT2D eigenvalue weighted by Gasteiger charge is 2.44. The third-order valence-corrected chi connectivity index (χ3v) is 8.44. The van der Waals surface area contributed by atoms with Gasteiger partial charge in [-0.2, -0.15) is 36.3 Å². The first-order valence-electron chi connectivity index (χ1n) is 16.2. The minimum absolute atomic E-state index is 0.0684.